The molecule has 1 aromatic carbocycles. The van der Waals surface area contributed by atoms with Crippen LogP contribution in [0.1, 0.15) is 24.1 Å². The Bertz CT molecular complexity index is 1330. The lowest BCUT2D eigenvalue weighted by Gasteiger charge is -2.32. The largest absolute Gasteiger partial charge is 0.350 e. The molecule has 2 N–H and O–H groups in total. The average molecular weight is 460 g/mol. The SMILES string of the molecule is Cc1ccc(-c2csc3c(=O)[nH]c(N4CCC[C@H](C(=O)NCc5ccccn5)C4)nc23)cc1. The number of carbonyl (C=O) groups excluding carboxylic acids is 1. The topological polar surface area (TPSA) is 91.0 Å². The van der Waals surface area contributed by atoms with Crippen molar-refractivity contribution >= 4 is 33.4 Å². The summed E-state index contributed by atoms with van der Waals surface area (Å²) in [6.07, 6.45) is 3.39. The van der Waals surface area contributed by atoms with Gasteiger partial charge in [-0.1, -0.05) is 35.9 Å². The molecule has 4 heterocycles. The molecule has 0 bridgehead atoms. The standard InChI is InChI=1S/C25H25N5O2S/c1-16-7-9-17(10-8-16)20-15-33-22-21(20)28-25(29-24(22)32)30-12-4-5-18(14-30)23(31)27-13-19-6-2-3-11-26-19/h2-3,6-11,15,18H,4-5,12-14H2,1H3,(H,27,31)(H,28,29,32)/t18-/m0/s1. The van der Waals surface area contributed by atoms with Crippen LogP contribution in [0, 0.1) is 12.8 Å². The van der Waals surface area contributed by atoms with E-state index >= 15 is 0 Å². The molecule has 0 unspecified atom stereocenters. The summed E-state index contributed by atoms with van der Waals surface area (Å²) in [4.78, 5) is 39.7. The summed E-state index contributed by atoms with van der Waals surface area (Å²) >= 11 is 1.41. The predicted molar refractivity (Wildman–Crippen MR) is 131 cm³/mol. The van der Waals surface area contributed by atoms with Crippen molar-refractivity contribution < 1.29 is 4.79 Å². The minimum absolute atomic E-state index is 0.00431. The predicted octanol–water partition coefficient (Wildman–Crippen LogP) is 3.89. The van der Waals surface area contributed by atoms with Gasteiger partial charge in [0.2, 0.25) is 11.9 Å². The number of H-pyrrole nitrogens is 1. The lowest BCUT2D eigenvalue weighted by molar-refractivity contribution is -0.125. The number of piperidine rings is 1. The molecule has 8 heteroatoms. The van der Waals surface area contributed by atoms with Gasteiger partial charge in [0.25, 0.3) is 5.56 Å². The Balaban J connectivity index is 1.37. The van der Waals surface area contributed by atoms with Gasteiger partial charge in [-0.3, -0.25) is 19.6 Å². The molecule has 3 aromatic heterocycles. The van der Waals surface area contributed by atoms with Gasteiger partial charge in [0.15, 0.2) is 0 Å². The zero-order valence-electron chi connectivity index (χ0n) is 18.4. The number of fused-ring (bicyclic) bond motifs is 1. The number of aromatic nitrogens is 3. The van der Waals surface area contributed by atoms with Crippen molar-refractivity contribution in [1.29, 1.82) is 0 Å². The van der Waals surface area contributed by atoms with Crippen LogP contribution in [-0.4, -0.2) is 33.9 Å². The number of aryl methyl sites for hydroxylation is 1. The second kappa shape index (κ2) is 9.15. The van der Waals surface area contributed by atoms with Gasteiger partial charge in [0.1, 0.15) is 4.70 Å². The van der Waals surface area contributed by atoms with E-state index in [2.05, 4.69) is 46.5 Å². The Morgan fingerprint density at radius 3 is 2.88 bits per heavy atom. The number of amides is 1. The highest BCUT2D eigenvalue weighted by atomic mass is 32.1. The van der Waals surface area contributed by atoms with Gasteiger partial charge in [0.05, 0.1) is 23.7 Å². The maximum absolute atomic E-state index is 12.8. The van der Waals surface area contributed by atoms with Crippen LogP contribution in [0.4, 0.5) is 5.95 Å². The fraction of sp³-hybridized carbons (Fsp3) is 0.280. The number of hydrogen-bond donors (Lipinski definition) is 2. The maximum Gasteiger partial charge on any atom is 0.270 e. The Hall–Kier alpha value is -3.52. The lowest BCUT2D eigenvalue weighted by Crippen LogP contribution is -2.44. The van der Waals surface area contributed by atoms with Crippen molar-refractivity contribution in [3.63, 3.8) is 0 Å². The zero-order valence-corrected chi connectivity index (χ0v) is 19.2. The fourth-order valence-electron chi connectivity index (χ4n) is 4.21. The molecule has 7 nitrogen and oxygen atoms in total. The number of hydrogen-bond acceptors (Lipinski definition) is 6. The van der Waals surface area contributed by atoms with Crippen LogP contribution < -0.4 is 15.8 Å². The van der Waals surface area contributed by atoms with Crippen LogP contribution in [0.3, 0.4) is 0 Å². The number of aromatic amines is 1. The van der Waals surface area contributed by atoms with Crippen LogP contribution in [0.15, 0.2) is 58.8 Å². The Kier molecular flexibility index (Phi) is 5.92. The first-order valence-electron chi connectivity index (χ1n) is 11.1. The summed E-state index contributed by atoms with van der Waals surface area (Å²) in [5.41, 5.74) is 4.59. The lowest BCUT2D eigenvalue weighted by atomic mass is 9.97. The third-order valence-corrected chi connectivity index (χ3v) is 7.01. The number of benzene rings is 1. The van der Waals surface area contributed by atoms with Gasteiger partial charge in [-0.05, 0) is 37.5 Å². The fourth-order valence-corrected chi connectivity index (χ4v) is 5.12. The van der Waals surface area contributed by atoms with Crippen molar-refractivity contribution in [3.8, 4) is 11.1 Å². The van der Waals surface area contributed by atoms with E-state index in [1.165, 1.54) is 16.9 Å². The highest BCUT2D eigenvalue weighted by Crippen LogP contribution is 2.32. The summed E-state index contributed by atoms with van der Waals surface area (Å²) in [5, 5.41) is 4.99. The molecule has 0 saturated carbocycles. The molecular weight excluding hydrogens is 434 g/mol. The summed E-state index contributed by atoms with van der Waals surface area (Å²) in [7, 11) is 0. The molecule has 1 aliphatic rings. The normalized spacial score (nSPS) is 16.2. The molecule has 1 atom stereocenters. The van der Waals surface area contributed by atoms with E-state index < -0.39 is 0 Å². The smallest absolute Gasteiger partial charge is 0.270 e. The van der Waals surface area contributed by atoms with Gasteiger partial charge in [-0.15, -0.1) is 11.3 Å². The molecule has 4 aromatic rings. The van der Waals surface area contributed by atoms with Gasteiger partial charge in [-0.2, -0.15) is 0 Å². The minimum atomic E-state index is -0.164. The minimum Gasteiger partial charge on any atom is -0.350 e. The summed E-state index contributed by atoms with van der Waals surface area (Å²) in [5.74, 6) is 0.369. The van der Waals surface area contributed by atoms with E-state index in [9.17, 15) is 9.59 Å². The van der Waals surface area contributed by atoms with E-state index in [0.29, 0.717) is 29.3 Å². The van der Waals surface area contributed by atoms with Crippen LogP contribution in [0.5, 0.6) is 0 Å². The first-order chi connectivity index (χ1) is 16.1. The maximum atomic E-state index is 12.8. The third-order valence-electron chi connectivity index (χ3n) is 6.04. The number of thiophene rings is 1. The van der Waals surface area contributed by atoms with Gasteiger partial charge in [0, 0.05) is 30.2 Å². The van der Waals surface area contributed by atoms with E-state index in [0.717, 1.165) is 36.2 Å². The monoisotopic (exact) mass is 459 g/mol. The molecule has 0 spiro atoms. The van der Waals surface area contributed by atoms with Crippen molar-refractivity contribution in [3.05, 3.63) is 75.7 Å². The number of rotatable bonds is 5. The number of anilines is 1. The van der Waals surface area contributed by atoms with Gasteiger partial charge < -0.3 is 10.2 Å². The van der Waals surface area contributed by atoms with Gasteiger partial charge >= 0.3 is 0 Å². The van der Waals surface area contributed by atoms with Crippen molar-refractivity contribution in [2.45, 2.75) is 26.3 Å². The third kappa shape index (κ3) is 4.52. The molecule has 168 valence electrons. The van der Waals surface area contributed by atoms with Crippen LogP contribution in [-0.2, 0) is 11.3 Å². The summed E-state index contributed by atoms with van der Waals surface area (Å²) < 4.78 is 0.621. The number of carbonyl (C=O) groups is 1. The molecule has 33 heavy (non-hydrogen) atoms. The highest BCUT2D eigenvalue weighted by Gasteiger charge is 2.27. The molecule has 0 radical (unpaired) electrons. The zero-order chi connectivity index (χ0) is 22.8. The summed E-state index contributed by atoms with van der Waals surface area (Å²) in [6.45, 7) is 3.73. The van der Waals surface area contributed by atoms with Crippen LogP contribution in [0.2, 0.25) is 0 Å². The Morgan fingerprint density at radius 1 is 1.24 bits per heavy atom. The Labute approximate surface area is 195 Å². The average Bonchev–Trinajstić information content (AvgIpc) is 3.28. The van der Waals surface area contributed by atoms with Crippen molar-refractivity contribution in [2.24, 2.45) is 5.92 Å². The first kappa shape index (κ1) is 21.3. The van der Waals surface area contributed by atoms with E-state index in [-0.39, 0.29) is 17.4 Å². The molecular formula is C25H25N5O2S. The summed E-state index contributed by atoms with van der Waals surface area (Å²) in [6, 6.07) is 13.9. The molecule has 1 aliphatic heterocycles. The van der Waals surface area contributed by atoms with E-state index in [4.69, 9.17) is 4.98 Å². The molecule has 1 fully saturated rings. The second-order valence-electron chi connectivity index (χ2n) is 8.41. The quantitative estimate of drug-likeness (QED) is 0.473. The molecule has 0 aliphatic carbocycles. The van der Waals surface area contributed by atoms with Crippen molar-refractivity contribution in [1.82, 2.24) is 20.3 Å². The van der Waals surface area contributed by atoms with Crippen LogP contribution in [0.25, 0.3) is 21.3 Å². The Morgan fingerprint density at radius 2 is 2.09 bits per heavy atom. The number of nitrogens with zero attached hydrogens (tertiary/aromatic N) is 3. The van der Waals surface area contributed by atoms with E-state index in [1.54, 1.807) is 6.20 Å². The number of nitrogens with one attached hydrogen (secondary N) is 2. The molecule has 1 amide bonds. The first-order valence-corrected chi connectivity index (χ1v) is 12.0. The van der Waals surface area contributed by atoms with E-state index in [1.807, 2.05) is 28.5 Å². The van der Waals surface area contributed by atoms with Crippen molar-refractivity contribution in [2.75, 3.05) is 18.0 Å². The second-order valence-corrected chi connectivity index (χ2v) is 9.29. The molecule has 1 saturated heterocycles. The highest BCUT2D eigenvalue weighted by molar-refractivity contribution is 7.17. The number of pyridine rings is 1. The molecule has 5 rings (SSSR count). The van der Waals surface area contributed by atoms with Crippen LogP contribution >= 0.6 is 11.3 Å². The van der Waals surface area contributed by atoms with Gasteiger partial charge in [-0.25, -0.2) is 4.98 Å².